The van der Waals surface area contributed by atoms with E-state index in [1.807, 2.05) is 57.2 Å². The predicted molar refractivity (Wildman–Crippen MR) is 117 cm³/mol. The Morgan fingerprint density at radius 1 is 0.920 bits per heavy atom. The molecule has 0 bridgehead atoms. The molecule has 0 radical (unpaired) electrons. The lowest BCUT2D eigenvalue weighted by atomic mass is 10.1. The van der Waals surface area contributed by atoms with Crippen molar-refractivity contribution in [3.05, 3.63) is 65.8 Å². The Kier molecular flexibility index (Phi) is 7.24. The van der Waals surface area contributed by atoms with E-state index < -0.39 is 0 Å². The van der Waals surface area contributed by atoms with Gasteiger partial charge in [-0.1, -0.05) is 12.1 Å². The molecule has 2 rings (SSSR count). The maximum atomic E-state index is 12.3. The minimum Gasteiger partial charge on any atom is -0.350 e. The molecule has 2 aromatic carbocycles. The van der Waals surface area contributed by atoms with Gasteiger partial charge >= 0.3 is 0 Å². The molecule has 132 valence electrons. The van der Waals surface area contributed by atoms with Gasteiger partial charge in [-0.2, -0.15) is 0 Å². The molecule has 0 spiro atoms. The zero-order chi connectivity index (χ0) is 18.6. The van der Waals surface area contributed by atoms with Gasteiger partial charge < -0.3 is 10.6 Å². The summed E-state index contributed by atoms with van der Waals surface area (Å²) in [4.78, 5) is 24.5. The van der Waals surface area contributed by atoms with Gasteiger partial charge in [-0.3, -0.25) is 9.59 Å². The van der Waals surface area contributed by atoms with Crippen molar-refractivity contribution < 1.29 is 9.59 Å². The lowest BCUT2D eigenvalue weighted by Crippen LogP contribution is -2.41. The largest absolute Gasteiger partial charge is 0.350 e. The van der Waals surface area contributed by atoms with Crippen LogP contribution in [0, 0.1) is 21.0 Å². The molecule has 1 atom stereocenters. The van der Waals surface area contributed by atoms with E-state index in [9.17, 15) is 9.59 Å². The molecule has 0 aliphatic heterocycles. The van der Waals surface area contributed by atoms with E-state index in [2.05, 4.69) is 55.8 Å². The van der Waals surface area contributed by atoms with Crippen molar-refractivity contribution in [2.45, 2.75) is 26.8 Å². The van der Waals surface area contributed by atoms with Crippen molar-refractivity contribution in [2.75, 3.05) is 6.54 Å². The number of amides is 2. The summed E-state index contributed by atoms with van der Waals surface area (Å²) in [5.41, 5.74) is 3.54. The smallest absolute Gasteiger partial charge is 0.251 e. The summed E-state index contributed by atoms with van der Waals surface area (Å²) in [5.74, 6) is -0.270. The van der Waals surface area contributed by atoms with Crippen molar-refractivity contribution in [2.24, 2.45) is 0 Å². The fourth-order valence-electron chi connectivity index (χ4n) is 2.17. The van der Waals surface area contributed by atoms with Crippen LogP contribution >= 0.6 is 45.2 Å². The van der Waals surface area contributed by atoms with Crippen molar-refractivity contribution in [1.29, 1.82) is 0 Å². The molecule has 0 aliphatic rings. The summed E-state index contributed by atoms with van der Waals surface area (Å²) < 4.78 is 2.11. The molecule has 2 aromatic rings. The molecule has 2 N–H and O–H groups in total. The summed E-state index contributed by atoms with van der Waals surface area (Å²) in [6.45, 7) is 6.26. The number of nitrogens with one attached hydrogen (secondary N) is 2. The molecular weight excluding hydrogens is 542 g/mol. The van der Waals surface area contributed by atoms with E-state index in [0.29, 0.717) is 17.7 Å². The molecule has 1 unspecified atom stereocenters. The minimum absolute atomic E-state index is 0.135. The van der Waals surface area contributed by atoms with E-state index >= 15 is 0 Å². The summed E-state index contributed by atoms with van der Waals surface area (Å²) in [6, 6.07) is 11.0. The van der Waals surface area contributed by atoms with Crippen LogP contribution in [0.4, 0.5) is 0 Å². The van der Waals surface area contributed by atoms with Crippen LogP contribution in [0.25, 0.3) is 0 Å². The first-order valence-electron chi connectivity index (χ1n) is 7.89. The molecule has 2 amide bonds. The number of carbonyl (C=O) groups excluding carboxylic acids is 2. The normalized spacial score (nSPS) is 11.7. The molecule has 25 heavy (non-hydrogen) atoms. The Morgan fingerprint density at radius 3 is 1.88 bits per heavy atom. The van der Waals surface area contributed by atoms with Crippen LogP contribution in [0.3, 0.4) is 0 Å². The number of hydrogen-bond donors (Lipinski definition) is 2. The second kappa shape index (κ2) is 8.98. The van der Waals surface area contributed by atoms with E-state index in [-0.39, 0.29) is 17.9 Å². The van der Waals surface area contributed by atoms with Gasteiger partial charge in [0.15, 0.2) is 0 Å². The molecule has 0 aromatic heterocycles. The summed E-state index contributed by atoms with van der Waals surface area (Å²) >= 11 is 4.43. The maximum Gasteiger partial charge on any atom is 0.251 e. The molecule has 0 saturated heterocycles. The van der Waals surface area contributed by atoms with Crippen LogP contribution in [-0.2, 0) is 0 Å². The van der Waals surface area contributed by atoms with Gasteiger partial charge in [0.2, 0.25) is 0 Å². The SMILES string of the molecule is Cc1ccc(C(=O)NCC(C)NC(=O)c2ccc(C)c(I)c2)cc1I. The zero-order valence-electron chi connectivity index (χ0n) is 14.3. The first kappa shape index (κ1) is 20.2. The highest BCUT2D eigenvalue weighted by molar-refractivity contribution is 14.1. The molecule has 0 aliphatic carbocycles. The highest BCUT2D eigenvalue weighted by atomic mass is 127. The Morgan fingerprint density at radius 2 is 1.40 bits per heavy atom. The van der Waals surface area contributed by atoms with Gasteiger partial charge in [0.05, 0.1) is 0 Å². The van der Waals surface area contributed by atoms with Gasteiger partial charge in [0, 0.05) is 30.9 Å². The highest BCUT2D eigenvalue weighted by Gasteiger charge is 2.13. The number of aryl methyl sites for hydroxylation is 2. The number of benzene rings is 2. The lowest BCUT2D eigenvalue weighted by molar-refractivity contribution is 0.0912. The third kappa shape index (κ3) is 5.67. The summed E-state index contributed by atoms with van der Waals surface area (Å²) in [7, 11) is 0. The average Bonchev–Trinajstić information content (AvgIpc) is 2.57. The van der Waals surface area contributed by atoms with Crippen LogP contribution in [0.5, 0.6) is 0 Å². The van der Waals surface area contributed by atoms with Gasteiger partial charge in [-0.05, 0) is 101 Å². The third-order valence-electron chi connectivity index (χ3n) is 3.81. The van der Waals surface area contributed by atoms with E-state index in [4.69, 9.17) is 0 Å². The number of hydrogen-bond acceptors (Lipinski definition) is 2. The fourth-order valence-corrected chi connectivity index (χ4v) is 3.20. The van der Waals surface area contributed by atoms with Crippen LogP contribution < -0.4 is 10.6 Å². The highest BCUT2D eigenvalue weighted by Crippen LogP contribution is 2.14. The zero-order valence-corrected chi connectivity index (χ0v) is 18.6. The first-order chi connectivity index (χ1) is 11.8. The monoisotopic (exact) mass is 562 g/mol. The van der Waals surface area contributed by atoms with Crippen molar-refractivity contribution >= 4 is 57.0 Å². The van der Waals surface area contributed by atoms with Crippen LogP contribution in [0.2, 0.25) is 0 Å². The lowest BCUT2D eigenvalue weighted by Gasteiger charge is -2.15. The number of rotatable bonds is 5. The predicted octanol–water partition coefficient (Wildman–Crippen LogP) is 4.06. The van der Waals surface area contributed by atoms with E-state index in [1.54, 1.807) is 0 Å². The van der Waals surface area contributed by atoms with Crippen molar-refractivity contribution in [3.63, 3.8) is 0 Å². The van der Waals surface area contributed by atoms with Gasteiger partial charge in [-0.15, -0.1) is 0 Å². The molecular formula is C19H20I2N2O2. The molecule has 4 nitrogen and oxygen atoms in total. The molecule has 0 saturated carbocycles. The number of carbonyl (C=O) groups is 2. The second-order valence-electron chi connectivity index (χ2n) is 6.01. The van der Waals surface area contributed by atoms with Gasteiger partial charge in [-0.25, -0.2) is 0 Å². The van der Waals surface area contributed by atoms with Crippen molar-refractivity contribution in [3.8, 4) is 0 Å². The molecule has 0 heterocycles. The Hall–Kier alpha value is -1.16. The third-order valence-corrected chi connectivity index (χ3v) is 6.14. The summed E-state index contributed by atoms with van der Waals surface area (Å²) in [5, 5.41) is 5.78. The Balaban J connectivity index is 1.90. The average molecular weight is 562 g/mol. The first-order valence-corrected chi connectivity index (χ1v) is 10.0. The van der Waals surface area contributed by atoms with Crippen LogP contribution in [-0.4, -0.2) is 24.4 Å². The van der Waals surface area contributed by atoms with E-state index in [1.165, 1.54) is 0 Å². The van der Waals surface area contributed by atoms with Gasteiger partial charge in [0.1, 0.15) is 0 Å². The molecule has 6 heteroatoms. The summed E-state index contributed by atoms with van der Waals surface area (Å²) in [6.07, 6.45) is 0. The Bertz CT molecular complexity index is 806. The quantitative estimate of drug-likeness (QED) is 0.541. The van der Waals surface area contributed by atoms with Crippen LogP contribution in [0.1, 0.15) is 38.8 Å². The maximum absolute atomic E-state index is 12.3. The molecule has 0 fully saturated rings. The number of halogens is 2. The van der Waals surface area contributed by atoms with Crippen molar-refractivity contribution in [1.82, 2.24) is 10.6 Å². The fraction of sp³-hybridized carbons (Fsp3) is 0.263. The second-order valence-corrected chi connectivity index (χ2v) is 8.34. The minimum atomic E-state index is -0.167. The van der Waals surface area contributed by atoms with Gasteiger partial charge in [0.25, 0.3) is 11.8 Å². The topological polar surface area (TPSA) is 58.2 Å². The standard InChI is InChI=1S/C19H20I2N2O2/c1-11-4-6-14(8-16(11)20)18(24)22-10-13(3)23-19(25)15-7-5-12(2)17(21)9-15/h4-9,13H,10H2,1-3H3,(H,22,24)(H,23,25). The van der Waals surface area contributed by atoms with Crippen LogP contribution in [0.15, 0.2) is 36.4 Å². The van der Waals surface area contributed by atoms with E-state index in [0.717, 1.165) is 18.3 Å². The Labute approximate surface area is 175 Å².